The lowest BCUT2D eigenvalue weighted by Gasteiger charge is -2.14. The number of hydrogen-bond acceptors (Lipinski definition) is 6. The molecule has 0 saturated heterocycles. The van der Waals surface area contributed by atoms with Crippen molar-refractivity contribution < 1.29 is 14.3 Å². The molecule has 4 rings (SSSR count). The van der Waals surface area contributed by atoms with Crippen LogP contribution in [0.5, 0.6) is 5.88 Å². The molecular weight excluding hydrogens is 356 g/mol. The maximum Gasteiger partial charge on any atom is 0.225 e. The van der Waals surface area contributed by atoms with E-state index in [1.807, 2.05) is 0 Å². The van der Waals surface area contributed by atoms with Gasteiger partial charge in [0, 0.05) is 17.3 Å². The van der Waals surface area contributed by atoms with Crippen LogP contribution in [0.15, 0.2) is 24.4 Å². The number of nitrogens with zero attached hydrogens (tertiary/aromatic N) is 3. The molecule has 1 atom stereocenters. The average molecular weight is 371 g/mol. The molecule has 0 fully saturated rings. The van der Waals surface area contributed by atoms with Crippen LogP contribution in [-0.2, 0) is 0 Å². The maximum absolute atomic E-state index is 12.6. The lowest BCUT2D eigenvalue weighted by atomic mass is 10.1. The number of H-pyrrole nitrogens is 1. The first kappa shape index (κ1) is 16.7. The molecule has 0 aliphatic heterocycles. The van der Waals surface area contributed by atoms with Crippen LogP contribution in [0.2, 0.25) is 5.02 Å². The van der Waals surface area contributed by atoms with Crippen LogP contribution < -0.4 is 4.74 Å². The Morgan fingerprint density at radius 3 is 2.54 bits per heavy atom. The zero-order valence-electron chi connectivity index (χ0n) is 14.3. The van der Waals surface area contributed by atoms with E-state index in [0.717, 1.165) is 0 Å². The molecular formula is C18H15ClN4O3. The number of carbonyl (C=O) groups excluding carboxylic acids is 2. The molecule has 1 aliphatic rings. The number of likely N-dealkylation sites (N-methyl/N-ethyl adjacent to an activating group) is 1. The number of aromatic amines is 1. The van der Waals surface area contributed by atoms with Gasteiger partial charge in [0.15, 0.2) is 11.6 Å². The Morgan fingerprint density at radius 2 is 1.88 bits per heavy atom. The number of ether oxygens (including phenoxy) is 1. The van der Waals surface area contributed by atoms with E-state index in [2.05, 4.69) is 15.0 Å². The summed E-state index contributed by atoms with van der Waals surface area (Å²) in [5.41, 5.74) is 2.53. The second-order valence-electron chi connectivity index (χ2n) is 6.27. The van der Waals surface area contributed by atoms with Gasteiger partial charge in [0.25, 0.3) is 0 Å². The van der Waals surface area contributed by atoms with Crippen LogP contribution in [0, 0.1) is 0 Å². The van der Waals surface area contributed by atoms with Gasteiger partial charge in [0.2, 0.25) is 5.88 Å². The number of methoxy groups -OCH3 is 1. The summed E-state index contributed by atoms with van der Waals surface area (Å²) in [6.45, 7) is 0. The number of carbonyl (C=O) groups is 2. The summed E-state index contributed by atoms with van der Waals surface area (Å²) >= 11 is 6.28. The summed E-state index contributed by atoms with van der Waals surface area (Å²) in [7, 11) is 4.93. The summed E-state index contributed by atoms with van der Waals surface area (Å²) in [6, 6.07) is 4.18. The molecule has 2 aromatic heterocycles. The number of nitrogens with one attached hydrogen (secondary N) is 1. The van der Waals surface area contributed by atoms with Crippen LogP contribution in [0.4, 0.5) is 0 Å². The first-order valence-corrected chi connectivity index (χ1v) is 8.27. The van der Waals surface area contributed by atoms with E-state index in [9.17, 15) is 9.59 Å². The van der Waals surface area contributed by atoms with E-state index < -0.39 is 6.04 Å². The van der Waals surface area contributed by atoms with E-state index in [1.165, 1.54) is 7.11 Å². The molecule has 2 heterocycles. The van der Waals surface area contributed by atoms with Crippen molar-refractivity contribution in [3.05, 3.63) is 40.5 Å². The Kier molecular flexibility index (Phi) is 3.78. The molecule has 0 amide bonds. The van der Waals surface area contributed by atoms with Gasteiger partial charge in [-0.3, -0.25) is 14.5 Å². The van der Waals surface area contributed by atoms with Crippen molar-refractivity contribution >= 4 is 34.2 Å². The normalized spacial score (nSPS) is 14.5. The van der Waals surface area contributed by atoms with Gasteiger partial charge >= 0.3 is 0 Å². The first-order valence-electron chi connectivity index (χ1n) is 7.90. The highest BCUT2D eigenvalue weighted by Gasteiger charge is 2.40. The number of halogens is 1. The van der Waals surface area contributed by atoms with Crippen LogP contribution >= 0.6 is 11.6 Å². The Balaban J connectivity index is 1.88. The number of aromatic nitrogens is 3. The molecule has 1 aromatic carbocycles. The van der Waals surface area contributed by atoms with Crippen LogP contribution in [-0.4, -0.2) is 58.7 Å². The zero-order valence-corrected chi connectivity index (χ0v) is 15.1. The molecule has 3 aromatic rings. The van der Waals surface area contributed by atoms with Crippen molar-refractivity contribution in [2.24, 2.45) is 0 Å². The highest BCUT2D eigenvalue weighted by atomic mass is 35.5. The molecule has 0 spiro atoms. The molecule has 1 aliphatic carbocycles. The van der Waals surface area contributed by atoms with Crippen molar-refractivity contribution in [3.63, 3.8) is 0 Å². The molecule has 0 saturated carbocycles. The number of Topliss-reactive ketones (excluding diaryl/α,β-unsaturated/α-hetero) is 2. The van der Waals surface area contributed by atoms with E-state index >= 15 is 0 Å². The standard InChI is InChI=1S/C18H15ClN4O3/c1-23(2)14-15(24)8-6-11-12(7-9(8)16(14)25)22-17(21-11)13-10(19)4-5-20-18(13)26-3/h4-7,14H,1-3H3,(H,21,22). The quantitative estimate of drug-likeness (QED) is 0.713. The second-order valence-corrected chi connectivity index (χ2v) is 6.68. The smallest absolute Gasteiger partial charge is 0.225 e. The number of fused-ring (bicyclic) bond motifs is 2. The Hall–Kier alpha value is -2.77. The third kappa shape index (κ3) is 2.32. The van der Waals surface area contributed by atoms with Gasteiger partial charge in [-0.15, -0.1) is 0 Å². The van der Waals surface area contributed by atoms with E-state index in [-0.39, 0.29) is 11.6 Å². The average Bonchev–Trinajstić information content (AvgIpc) is 3.11. The van der Waals surface area contributed by atoms with Crippen LogP contribution in [0.1, 0.15) is 20.7 Å². The summed E-state index contributed by atoms with van der Waals surface area (Å²) in [5, 5.41) is 0.434. The van der Waals surface area contributed by atoms with Crippen molar-refractivity contribution in [3.8, 4) is 17.3 Å². The number of ketones is 2. The van der Waals surface area contributed by atoms with Gasteiger partial charge in [-0.1, -0.05) is 11.6 Å². The molecule has 8 heteroatoms. The SMILES string of the molecule is COc1nccc(Cl)c1-c1nc2cc3c(cc2[nH]1)C(=O)C(N(C)C)C3=O. The van der Waals surface area contributed by atoms with Gasteiger partial charge in [-0.25, -0.2) is 9.97 Å². The minimum Gasteiger partial charge on any atom is -0.480 e. The highest BCUT2D eigenvalue weighted by molar-refractivity contribution is 6.33. The minimum atomic E-state index is -0.774. The molecule has 132 valence electrons. The topological polar surface area (TPSA) is 88.2 Å². The minimum absolute atomic E-state index is 0.204. The van der Waals surface area contributed by atoms with Crippen molar-refractivity contribution in [2.75, 3.05) is 21.2 Å². The van der Waals surface area contributed by atoms with Gasteiger partial charge < -0.3 is 9.72 Å². The van der Waals surface area contributed by atoms with Gasteiger partial charge in [-0.05, 0) is 32.3 Å². The van der Waals surface area contributed by atoms with E-state index in [1.54, 1.807) is 43.4 Å². The molecule has 0 bridgehead atoms. The number of pyridine rings is 1. The Bertz CT molecular complexity index is 1020. The van der Waals surface area contributed by atoms with Gasteiger partial charge in [-0.2, -0.15) is 0 Å². The number of imidazole rings is 1. The van der Waals surface area contributed by atoms with Crippen molar-refractivity contribution in [2.45, 2.75) is 6.04 Å². The van der Waals surface area contributed by atoms with Gasteiger partial charge in [0.1, 0.15) is 11.9 Å². The van der Waals surface area contributed by atoms with E-state index in [4.69, 9.17) is 16.3 Å². The fourth-order valence-electron chi connectivity index (χ4n) is 3.26. The molecule has 1 N–H and O–H groups in total. The monoisotopic (exact) mass is 370 g/mol. The summed E-state index contributed by atoms with van der Waals surface area (Å²) < 4.78 is 5.26. The summed E-state index contributed by atoms with van der Waals surface area (Å²) in [6.07, 6.45) is 1.54. The third-order valence-electron chi connectivity index (χ3n) is 4.46. The number of rotatable bonds is 3. The highest BCUT2D eigenvalue weighted by Crippen LogP contribution is 2.35. The predicted octanol–water partition coefficient (Wildman–Crippen LogP) is 2.60. The van der Waals surface area contributed by atoms with Crippen molar-refractivity contribution in [1.29, 1.82) is 0 Å². The fourth-order valence-corrected chi connectivity index (χ4v) is 3.48. The number of hydrogen-bond donors (Lipinski definition) is 1. The van der Waals surface area contributed by atoms with Crippen LogP contribution in [0.25, 0.3) is 22.4 Å². The third-order valence-corrected chi connectivity index (χ3v) is 4.78. The molecule has 1 unspecified atom stereocenters. The molecule has 26 heavy (non-hydrogen) atoms. The molecule has 7 nitrogen and oxygen atoms in total. The van der Waals surface area contributed by atoms with E-state index in [0.29, 0.717) is 44.5 Å². The zero-order chi connectivity index (χ0) is 18.6. The summed E-state index contributed by atoms with van der Waals surface area (Å²) in [5.74, 6) is 0.384. The largest absolute Gasteiger partial charge is 0.480 e. The second kappa shape index (κ2) is 5.89. The lowest BCUT2D eigenvalue weighted by Crippen LogP contribution is -2.37. The fraction of sp³-hybridized carbons (Fsp3) is 0.222. The Morgan fingerprint density at radius 1 is 1.19 bits per heavy atom. The maximum atomic E-state index is 12.6. The van der Waals surface area contributed by atoms with Crippen LogP contribution in [0.3, 0.4) is 0 Å². The van der Waals surface area contributed by atoms with Crippen molar-refractivity contribution in [1.82, 2.24) is 19.9 Å². The lowest BCUT2D eigenvalue weighted by molar-refractivity contribution is 0.0790. The first-order chi connectivity index (χ1) is 12.4. The number of benzene rings is 1. The molecule has 0 radical (unpaired) electrons. The Labute approximate surface area is 154 Å². The van der Waals surface area contributed by atoms with Gasteiger partial charge in [0.05, 0.1) is 28.7 Å². The summed E-state index contributed by atoms with van der Waals surface area (Å²) in [4.78, 5) is 38.6. The predicted molar refractivity (Wildman–Crippen MR) is 97.0 cm³/mol.